The first-order chi connectivity index (χ1) is 12.7. The van der Waals surface area contributed by atoms with Crippen LogP contribution in [0.25, 0.3) is 5.69 Å². The van der Waals surface area contributed by atoms with Gasteiger partial charge in [0.2, 0.25) is 0 Å². The summed E-state index contributed by atoms with van der Waals surface area (Å²) in [6, 6.07) is 18.8. The molecule has 0 bridgehead atoms. The van der Waals surface area contributed by atoms with Crippen LogP contribution in [0.1, 0.15) is 29.7 Å². The Labute approximate surface area is 177 Å². The van der Waals surface area contributed by atoms with Crippen molar-refractivity contribution in [3.05, 3.63) is 83.7 Å². The van der Waals surface area contributed by atoms with E-state index in [-0.39, 0.29) is 30.0 Å². The Kier molecular flexibility index (Phi) is 7.84. The van der Waals surface area contributed by atoms with E-state index in [1.807, 2.05) is 29.1 Å². The van der Waals surface area contributed by atoms with Crippen LogP contribution in [0.3, 0.4) is 0 Å². The maximum Gasteiger partial charge on any atom is 0.191 e. The molecule has 5 nitrogen and oxygen atoms in total. The molecule has 0 saturated carbocycles. The molecule has 6 heteroatoms. The Morgan fingerprint density at radius 3 is 2.67 bits per heavy atom. The number of rotatable bonds is 5. The fourth-order valence-electron chi connectivity index (χ4n) is 2.97. The first kappa shape index (κ1) is 21.0. The van der Waals surface area contributed by atoms with Crippen molar-refractivity contribution in [2.75, 3.05) is 7.05 Å². The Bertz CT molecular complexity index is 874. The van der Waals surface area contributed by atoms with Crippen LogP contribution in [0.5, 0.6) is 0 Å². The number of nitrogens with zero attached hydrogens (tertiary/aromatic N) is 3. The lowest BCUT2D eigenvalue weighted by molar-refractivity contribution is 0.681. The Balaban J connectivity index is 0.00000261. The summed E-state index contributed by atoms with van der Waals surface area (Å²) in [6.45, 7) is 4.97. The highest BCUT2D eigenvalue weighted by Crippen LogP contribution is 2.16. The lowest BCUT2D eigenvalue weighted by atomic mass is 10.0. The Morgan fingerprint density at radius 2 is 1.96 bits per heavy atom. The van der Waals surface area contributed by atoms with Gasteiger partial charge in [0.15, 0.2) is 5.96 Å². The van der Waals surface area contributed by atoms with E-state index in [0.717, 1.165) is 11.6 Å². The third-order valence-electron chi connectivity index (χ3n) is 4.37. The van der Waals surface area contributed by atoms with E-state index in [1.54, 1.807) is 13.2 Å². The normalized spacial score (nSPS) is 12.2. The molecule has 0 spiro atoms. The molecule has 0 amide bonds. The van der Waals surface area contributed by atoms with E-state index in [4.69, 9.17) is 0 Å². The van der Waals surface area contributed by atoms with Crippen LogP contribution in [-0.2, 0) is 6.54 Å². The van der Waals surface area contributed by atoms with Crippen molar-refractivity contribution in [3.8, 4) is 5.69 Å². The molecular formula is C21H26IN5. The number of hydrogen-bond donors (Lipinski definition) is 2. The number of guanidine groups is 1. The summed E-state index contributed by atoms with van der Waals surface area (Å²) >= 11 is 0. The largest absolute Gasteiger partial charge is 0.352 e. The average molecular weight is 475 g/mol. The number of nitrogens with one attached hydrogen (secondary N) is 2. The minimum absolute atomic E-state index is 0. The van der Waals surface area contributed by atoms with Crippen LogP contribution < -0.4 is 10.6 Å². The predicted molar refractivity (Wildman–Crippen MR) is 122 cm³/mol. The maximum absolute atomic E-state index is 4.35. The molecule has 0 radical (unpaired) electrons. The van der Waals surface area contributed by atoms with Crippen molar-refractivity contribution in [1.82, 2.24) is 20.4 Å². The van der Waals surface area contributed by atoms with Crippen molar-refractivity contribution < 1.29 is 0 Å². The van der Waals surface area contributed by atoms with E-state index in [1.165, 1.54) is 16.7 Å². The van der Waals surface area contributed by atoms with Gasteiger partial charge in [0.1, 0.15) is 0 Å². The monoisotopic (exact) mass is 475 g/mol. The molecule has 27 heavy (non-hydrogen) atoms. The fourth-order valence-corrected chi connectivity index (χ4v) is 2.97. The molecule has 142 valence electrons. The topological polar surface area (TPSA) is 54.2 Å². The van der Waals surface area contributed by atoms with E-state index >= 15 is 0 Å². The van der Waals surface area contributed by atoms with E-state index < -0.39 is 0 Å². The molecular weight excluding hydrogens is 449 g/mol. The first-order valence-electron chi connectivity index (χ1n) is 8.79. The van der Waals surface area contributed by atoms with Gasteiger partial charge in [-0.3, -0.25) is 4.99 Å². The van der Waals surface area contributed by atoms with Gasteiger partial charge in [-0.2, -0.15) is 5.10 Å². The zero-order chi connectivity index (χ0) is 18.4. The van der Waals surface area contributed by atoms with E-state index in [9.17, 15) is 0 Å². The third kappa shape index (κ3) is 5.56. The summed E-state index contributed by atoms with van der Waals surface area (Å²) in [5.74, 6) is 0.783. The summed E-state index contributed by atoms with van der Waals surface area (Å²) in [7, 11) is 1.79. The standard InChI is InChI=1S/C21H25N5.HI/c1-16-8-4-5-11-20(16)17(2)25-21(22-3)23-15-18-9-6-10-19(14-18)26-13-7-12-24-26;/h4-14,17H,15H2,1-3H3,(H2,22,23,25);1H. The van der Waals surface area contributed by atoms with Crippen molar-refractivity contribution in [2.24, 2.45) is 4.99 Å². The summed E-state index contributed by atoms with van der Waals surface area (Å²) in [6.07, 6.45) is 3.72. The van der Waals surface area contributed by atoms with Crippen molar-refractivity contribution in [3.63, 3.8) is 0 Å². The van der Waals surface area contributed by atoms with Gasteiger partial charge in [0.05, 0.1) is 11.7 Å². The summed E-state index contributed by atoms with van der Waals surface area (Å²) in [5.41, 5.74) is 4.76. The highest BCUT2D eigenvalue weighted by Gasteiger charge is 2.09. The van der Waals surface area contributed by atoms with E-state index in [0.29, 0.717) is 6.54 Å². The predicted octanol–water partition coefficient (Wildman–Crippen LogP) is 4.22. The van der Waals surface area contributed by atoms with Crippen LogP contribution in [0, 0.1) is 6.92 Å². The molecule has 2 N–H and O–H groups in total. The second kappa shape index (κ2) is 10.1. The highest BCUT2D eigenvalue weighted by molar-refractivity contribution is 14.0. The smallest absolute Gasteiger partial charge is 0.191 e. The van der Waals surface area contributed by atoms with Crippen LogP contribution in [-0.4, -0.2) is 22.8 Å². The second-order valence-electron chi connectivity index (χ2n) is 6.27. The molecule has 1 atom stereocenters. The quantitative estimate of drug-likeness (QED) is 0.330. The molecule has 1 unspecified atom stereocenters. The van der Waals surface area contributed by atoms with Crippen LogP contribution in [0.4, 0.5) is 0 Å². The van der Waals surface area contributed by atoms with Gasteiger partial charge in [0.25, 0.3) is 0 Å². The number of halogens is 1. The van der Waals surface area contributed by atoms with Crippen LogP contribution in [0.15, 0.2) is 72.0 Å². The fraction of sp³-hybridized carbons (Fsp3) is 0.238. The van der Waals surface area contributed by atoms with Crippen molar-refractivity contribution in [1.29, 1.82) is 0 Å². The van der Waals surface area contributed by atoms with Crippen molar-refractivity contribution in [2.45, 2.75) is 26.4 Å². The highest BCUT2D eigenvalue weighted by atomic mass is 127. The summed E-state index contributed by atoms with van der Waals surface area (Å²) < 4.78 is 1.86. The zero-order valence-corrected chi connectivity index (χ0v) is 18.2. The van der Waals surface area contributed by atoms with Gasteiger partial charge in [-0.05, 0) is 48.7 Å². The first-order valence-corrected chi connectivity index (χ1v) is 8.79. The molecule has 0 fully saturated rings. The molecule has 1 aromatic heterocycles. The molecule has 0 saturated heterocycles. The number of aryl methyl sites for hydroxylation is 1. The van der Waals surface area contributed by atoms with E-state index in [2.05, 4.69) is 71.0 Å². The molecule has 3 aromatic rings. The van der Waals surface area contributed by atoms with Crippen LogP contribution >= 0.6 is 24.0 Å². The molecule has 1 heterocycles. The lowest BCUT2D eigenvalue weighted by Gasteiger charge is -2.20. The Morgan fingerprint density at radius 1 is 1.15 bits per heavy atom. The average Bonchev–Trinajstić information content (AvgIpc) is 3.20. The number of aromatic nitrogens is 2. The molecule has 0 aliphatic rings. The summed E-state index contributed by atoms with van der Waals surface area (Å²) in [5, 5.41) is 11.1. The van der Waals surface area contributed by atoms with Gasteiger partial charge >= 0.3 is 0 Å². The molecule has 3 rings (SSSR count). The Hall–Kier alpha value is -2.35. The SMILES string of the molecule is CN=C(NCc1cccc(-n2cccn2)c1)NC(C)c1ccccc1C.I. The zero-order valence-electron chi connectivity index (χ0n) is 15.9. The lowest BCUT2D eigenvalue weighted by Crippen LogP contribution is -2.38. The molecule has 0 aliphatic carbocycles. The number of aliphatic imine (C=N–C) groups is 1. The van der Waals surface area contributed by atoms with Gasteiger partial charge < -0.3 is 10.6 Å². The van der Waals surface area contributed by atoms with Crippen LogP contribution in [0.2, 0.25) is 0 Å². The van der Waals surface area contributed by atoms with Gasteiger partial charge in [-0.25, -0.2) is 4.68 Å². The minimum atomic E-state index is 0. The van der Waals surface area contributed by atoms with Crippen molar-refractivity contribution >= 4 is 29.9 Å². The number of benzene rings is 2. The second-order valence-corrected chi connectivity index (χ2v) is 6.27. The molecule has 2 aromatic carbocycles. The minimum Gasteiger partial charge on any atom is -0.352 e. The van der Waals surface area contributed by atoms with Gasteiger partial charge in [-0.1, -0.05) is 36.4 Å². The molecule has 0 aliphatic heterocycles. The number of hydrogen-bond acceptors (Lipinski definition) is 2. The third-order valence-corrected chi connectivity index (χ3v) is 4.37. The maximum atomic E-state index is 4.35. The van der Waals surface area contributed by atoms with Gasteiger partial charge in [-0.15, -0.1) is 24.0 Å². The van der Waals surface area contributed by atoms with Gasteiger partial charge in [0, 0.05) is 26.0 Å². The summed E-state index contributed by atoms with van der Waals surface area (Å²) in [4.78, 5) is 4.35.